The van der Waals surface area contributed by atoms with Crippen LogP contribution in [0.4, 0.5) is 0 Å². The van der Waals surface area contributed by atoms with Gasteiger partial charge < -0.3 is 5.73 Å². The average molecular weight is 354 g/mol. The molecule has 3 nitrogen and oxygen atoms in total. The van der Waals surface area contributed by atoms with E-state index in [4.69, 9.17) is 5.73 Å². The Morgan fingerprint density at radius 3 is 2.70 bits per heavy atom. The van der Waals surface area contributed by atoms with E-state index in [0.717, 1.165) is 15.9 Å². The summed E-state index contributed by atoms with van der Waals surface area (Å²) in [5.74, 6) is 0.835. The Kier molecular flexibility index (Phi) is 5.29. The Morgan fingerprint density at radius 1 is 1.35 bits per heavy atom. The lowest BCUT2D eigenvalue weighted by Crippen LogP contribution is -2.20. The largest absolute Gasteiger partial charge is 0.322 e. The van der Waals surface area contributed by atoms with Gasteiger partial charge in [0.2, 0.25) is 0 Å². The van der Waals surface area contributed by atoms with Crippen LogP contribution >= 0.6 is 27.7 Å². The molecule has 0 aliphatic heterocycles. The van der Waals surface area contributed by atoms with Crippen molar-refractivity contribution in [1.82, 2.24) is 9.78 Å². The van der Waals surface area contributed by atoms with Gasteiger partial charge in [0.1, 0.15) is 0 Å². The average Bonchev–Trinajstić information content (AvgIpc) is 2.79. The monoisotopic (exact) mass is 353 g/mol. The van der Waals surface area contributed by atoms with E-state index in [1.165, 1.54) is 10.5 Å². The van der Waals surface area contributed by atoms with Crippen LogP contribution in [0.2, 0.25) is 0 Å². The summed E-state index contributed by atoms with van der Waals surface area (Å²) < 4.78 is 2.98. The Labute approximate surface area is 133 Å². The lowest BCUT2D eigenvalue weighted by atomic mass is 10.2. The van der Waals surface area contributed by atoms with Crippen LogP contribution in [0.5, 0.6) is 0 Å². The number of halogens is 1. The minimum absolute atomic E-state index is 0.0427. The quantitative estimate of drug-likeness (QED) is 0.813. The molecule has 108 valence electrons. The molecule has 5 heteroatoms. The number of aromatic nitrogens is 2. The van der Waals surface area contributed by atoms with E-state index in [9.17, 15) is 0 Å². The van der Waals surface area contributed by atoms with Gasteiger partial charge in [0, 0.05) is 16.7 Å². The van der Waals surface area contributed by atoms with Gasteiger partial charge in [-0.05, 0) is 48.3 Å². The fourth-order valence-corrected chi connectivity index (χ4v) is 3.64. The van der Waals surface area contributed by atoms with Crippen molar-refractivity contribution in [2.24, 2.45) is 5.73 Å². The highest BCUT2D eigenvalue weighted by atomic mass is 79.9. The molecule has 0 radical (unpaired) electrons. The number of aryl methyl sites for hydroxylation is 1. The zero-order valence-electron chi connectivity index (χ0n) is 12.0. The number of hydrogen-bond donors (Lipinski definition) is 1. The van der Waals surface area contributed by atoms with Crippen molar-refractivity contribution in [2.75, 3.05) is 5.75 Å². The maximum Gasteiger partial charge on any atom is 0.0705 e. The third kappa shape index (κ3) is 3.45. The molecule has 20 heavy (non-hydrogen) atoms. The minimum atomic E-state index is -0.0427. The van der Waals surface area contributed by atoms with E-state index in [2.05, 4.69) is 66.1 Å². The fourth-order valence-electron chi connectivity index (χ4n) is 2.09. The molecule has 1 heterocycles. The summed E-state index contributed by atoms with van der Waals surface area (Å²) in [6.45, 7) is 6.36. The van der Waals surface area contributed by atoms with Gasteiger partial charge in [-0.15, -0.1) is 11.8 Å². The second-order valence-electron chi connectivity index (χ2n) is 5.10. The normalized spacial score (nSPS) is 12.9. The zero-order valence-corrected chi connectivity index (χ0v) is 14.4. The van der Waals surface area contributed by atoms with E-state index in [-0.39, 0.29) is 6.04 Å². The molecular weight excluding hydrogens is 334 g/mol. The first-order valence-corrected chi connectivity index (χ1v) is 8.45. The van der Waals surface area contributed by atoms with Crippen LogP contribution in [0.15, 0.2) is 39.8 Å². The van der Waals surface area contributed by atoms with Gasteiger partial charge in [0.05, 0.1) is 22.4 Å². The van der Waals surface area contributed by atoms with Crippen molar-refractivity contribution < 1.29 is 0 Å². The summed E-state index contributed by atoms with van der Waals surface area (Å²) in [7, 11) is 0. The fraction of sp³-hybridized carbons (Fsp3) is 0.400. The molecule has 2 rings (SSSR count). The van der Waals surface area contributed by atoms with Crippen LogP contribution in [-0.2, 0) is 0 Å². The molecule has 0 saturated carbocycles. The van der Waals surface area contributed by atoms with E-state index >= 15 is 0 Å². The summed E-state index contributed by atoms with van der Waals surface area (Å²) in [6, 6.07) is 8.66. The van der Waals surface area contributed by atoms with Crippen molar-refractivity contribution in [1.29, 1.82) is 0 Å². The van der Waals surface area contributed by atoms with Crippen LogP contribution in [0.3, 0.4) is 0 Å². The molecule has 0 saturated heterocycles. The smallest absolute Gasteiger partial charge is 0.0705 e. The third-order valence-electron chi connectivity index (χ3n) is 3.14. The first-order chi connectivity index (χ1) is 9.50. The summed E-state index contributed by atoms with van der Waals surface area (Å²) in [6.07, 6.45) is 1.83. The Morgan fingerprint density at radius 2 is 2.05 bits per heavy atom. The first-order valence-electron chi connectivity index (χ1n) is 6.67. The van der Waals surface area contributed by atoms with Crippen molar-refractivity contribution in [3.8, 4) is 0 Å². The minimum Gasteiger partial charge on any atom is -0.322 e. The second kappa shape index (κ2) is 6.78. The lowest BCUT2D eigenvalue weighted by molar-refractivity contribution is 0.494. The number of nitrogens with zero attached hydrogens (tertiary/aromatic N) is 2. The standard InChI is InChI=1S/C15H20BrN3S/c1-10(2)19-15(12(16)8-18-19)13(17)9-20-14-7-5-4-6-11(14)3/h4-8,10,13H,9,17H2,1-3H3. The number of rotatable bonds is 5. The van der Waals surface area contributed by atoms with Crippen LogP contribution in [0.1, 0.15) is 37.2 Å². The predicted molar refractivity (Wildman–Crippen MR) is 89.1 cm³/mol. The lowest BCUT2D eigenvalue weighted by Gasteiger charge is -2.17. The van der Waals surface area contributed by atoms with Gasteiger partial charge in [0.15, 0.2) is 0 Å². The molecule has 2 aromatic rings. The molecule has 1 unspecified atom stereocenters. The van der Waals surface area contributed by atoms with Gasteiger partial charge in [0.25, 0.3) is 0 Å². The first kappa shape index (κ1) is 15.6. The van der Waals surface area contributed by atoms with Gasteiger partial charge in [-0.1, -0.05) is 18.2 Å². The van der Waals surface area contributed by atoms with E-state index < -0.39 is 0 Å². The molecule has 1 aromatic carbocycles. The van der Waals surface area contributed by atoms with Crippen molar-refractivity contribution in [2.45, 2.75) is 37.8 Å². The topological polar surface area (TPSA) is 43.8 Å². The molecular formula is C15H20BrN3S. The molecule has 1 aromatic heterocycles. The molecule has 2 N–H and O–H groups in total. The highest BCUT2D eigenvalue weighted by molar-refractivity contribution is 9.10. The summed E-state index contributed by atoms with van der Waals surface area (Å²) >= 11 is 5.35. The summed E-state index contributed by atoms with van der Waals surface area (Å²) in [5, 5.41) is 4.39. The van der Waals surface area contributed by atoms with E-state index in [1.54, 1.807) is 11.8 Å². The maximum absolute atomic E-state index is 6.37. The van der Waals surface area contributed by atoms with Gasteiger partial charge >= 0.3 is 0 Å². The van der Waals surface area contributed by atoms with Crippen molar-refractivity contribution in [3.63, 3.8) is 0 Å². The number of thioether (sulfide) groups is 1. The van der Waals surface area contributed by atoms with Crippen LogP contribution in [0, 0.1) is 6.92 Å². The Hall–Kier alpha value is -0.780. The van der Waals surface area contributed by atoms with Crippen LogP contribution < -0.4 is 5.73 Å². The van der Waals surface area contributed by atoms with E-state index in [0.29, 0.717) is 6.04 Å². The zero-order chi connectivity index (χ0) is 14.7. The summed E-state index contributed by atoms with van der Waals surface area (Å²) in [4.78, 5) is 1.29. The van der Waals surface area contributed by atoms with Crippen molar-refractivity contribution in [3.05, 3.63) is 46.2 Å². The molecule has 0 spiro atoms. The highest BCUT2D eigenvalue weighted by Gasteiger charge is 2.18. The van der Waals surface area contributed by atoms with E-state index in [1.807, 2.05) is 10.9 Å². The predicted octanol–water partition coefficient (Wildman–Crippen LogP) is 4.33. The highest BCUT2D eigenvalue weighted by Crippen LogP contribution is 2.30. The molecule has 0 bridgehead atoms. The Bertz CT molecular complexity index is 580. The molecule has 0 fully saturated rings. The van der Waals surface area contributed by atoms with Crippen molar-refractivity contribution >= 4 is 27.7 Å². The van der Waals surface area contributed by atoms with Gasteiger partial charge in [-0.25, -0.2) is 0 Å². The number of nitrogens with two attached hydrogens (primary N) is 1. The van der Waals surface area contributed by atoms with Crippen LogP contribution in [-0.4, -0.2) is 15.5 Å². The third-order valence-corrected chi connectivity index (χ3v) is 5.05. The van der Waals surface area contributed by atoms with Crippen LogP contribution in [0.25, 0.3) is 0 Å². The maximum atomic E-state index is 6.37. The van der Waals surface area contributed by atoms with Gasteiger partial charge in [-0.2, -0.15) is 5.10 Å². The molecule has 0 aliphatic rings. The second-order valence-corrected chi connectivity index (χ2v) is 7.02. The Balaban J connectivity index is 2.11. The van der Waals surface area contributed by atoms with Gasteiger partial charge in [-0.3, -0.25) is 4.68 Å². The number of hydrogen-bond acceptors (Lipinski definition) is 3. The molecule has 0 amide bonds. The SMILES string of the molecule is Cc1ccccc1SCC(N)c1c(Br)cnn1C(C)C. The summed E-state index contributed by atoms with van der Waals surface area (Å²) in [5.41, 5.74) is 8.73. The molecule has 0 aliphatic carbocycles. The number of benzene rings is 1. The molecule has 1 atom stereocenters.